The monoisotopic (exact) mass is 367 g/mol. The second-order valence-electron chi connectivity index (χ2n) is 5.88. The van der Waals surface area contributed by atoms with Crippen LogP contribution in [0.1, 0.15) is 27.7 Å². The van der Waals surface area contributed by atoms with Gasteiger partial charge in [0.05, 0.1) is 5.56 Å². The van der Waals surface area contributed by atoms with Crippen molar-refractivity contribution in [3.63, 3.8) is 0 Å². The second kappa shape index (κ2) is 6.34. The van der Waals surface area contributed by atoms with Crippen molar-refractivity contribution < 1.29 is 17.9 Å². The molecule has 0 saturated carbocycles. The molecule has 4 rings (SSSR count). The standard InChI is InChI=1S/C17H16F3N3OS/c18-17(19,20)14(10-4-2-1-3-5-10)24-15-13-11-6-7-21-8-12(11)25-16(13)23-9-22-15/h1-5,14,21,23H,6-9H2/t14-/m0/s1. The van der Waals surface area contributed by atoms with E-state index in [1.807, 2.05) is 0 Å². The zero-order valence-corrected chi connectivity index (χ0v) is 14.0. The van der Waals surface area contributed by atoms with Crippen molar-refractivity contribution in [2.24, 2.45) is 4.99 Å². The van der Waals surface area contributed by atoms with Crippen LogP contribution in [-0.4, -0.2) is 25.3 Å². The third-order valence-electron chi connectivity index (χ3n) is 4.23. The normalized spacial score (nSPS) is 17.8. The molecule has 0 unspecified atom stereocenters. The van der Waals surface area contributed by atoms with Gasteiger partial charge >= 0.3 is 6.18 Å². The third kappa shape index (κ3) is 3.11. The highest BCUT2D eigenvalue weighted by atomic mass is 32.1. The molecule has 0 spiro atoms. The molecule has 4 nitrogen and oxygen atoms in total. The van der Waals surface area contributed by atoms with Crippen LogP contribution in [0, 0.1) is 0 Å². The summed E-state index contributed by atoms with van der Waals surface area (Å²) in [4.78, 5) is 5.33. The van der Waals surface area contributed by atoms with Gasteiger partial charge < -0.3 is 15.4 Å². The van der Waals surface area contributed by atoms with E-state index in [0.717, 1.165) is 35.0 Å². The first-order valence-electron chi connectivity index (χ1n) is 7.96. The number of nitrogens with zero attached hydrogens (tertiary/aromatic N) is 1. The first-order chi connectivity index (χ1) is 12.0. The number of fused-ring (bicyclic) bond motifs is 3. The van der Waals surface area contributed by atoms with Crippen LogP contribution in [0.15, 0.2) is 35.3 Å². The number of nitrogens with one attached hydrogen (secondary N) is 2. The number of rotatable bonds is 2. The predicted molar refractivity (Wildman–Crippen MR) is 91.1 cm³/mol. The van der Waals surface area contributed by atoms with E-state index in [-0.39, 0.29) is 18.1 Å². The van der Waals surface area contributed by atoms with Crippen molar-refractivity contribution in [1.82, 2.24) is 5.32 Å². The van der Waals surface area contributed by atoms with Gasteiger partial charge in [-0.05, 0) is 18.5 Å². The summed E-state index contributed by atoms with van der Waals surface area (Å²) in [5.74, 6) is 0.0827. The Hall–Kier alpha value is -2.06. The van der Waals surface area contributed by atoms with Crippen LogP contribution in [0.4, 0.5) is 18.2 Å². The minimum atomic E-state index is -4.52. The van der Waals surface area contributed by atoms with Crippen molar-refractivity contribution >= 4 is 22.2 Å². The molecule has 0 fully saturated rings. The summed E-state index contributed by atoms with van der Waals surface area (Å²) in [6, 6.07) is 7.68. The molecule has 3 heterocycles. The fourth-order valence-electron chi connectivity index (χ4n) is 3.11. The summed E-state index contributed by atoms with van der Waals surface area (Å²) in [7, 11) is 0. The Labute approximate surface area is 146 Å². The molecule has 2 aliphatic heterocycles. The molecule has 132 valence electrons. The number of anilines is 1. The van der Waals surface area contributed by atoms with Gasteiger partial charge in [0, 0.05) is 17.0 Å². The highest BCUT2D eigenvalue weighted by molar-refractivity contribution is 7.16. The highest BCUT2D eigenvalue weighted by Gasteiger charge is 2.44. The molecule has 1 aromatic carbocycles. The van der Waals surface area contributed by atoms with Crippen LogP contribution < -0.4 is 10.6 Å². The largest absolute Gasteiger partial charge is 0.459 e. The zero-order valence-electron chi connectivity index (χ0n) is 13.2. The summed E-state index contributed by atoms with van der Waals surface area (Å²) >= 11 is 1.56. The molecular weight excluding hydrogens is 351 g/mol. The van der Waals surface area contributed by atoms with E-state index in [1.165, 1.54) is 12.1 Å². The zero-order chi connectivity index (χ0) is 17.4. The third-order valence-corrected chi connectivity index (χ3v) is 5.42. The Bertz CT molecular complexity index is 801. The lowest BCUT2D eigenvalue weighted by Crippen LogP contribution is -2.29. The van der Waals surface area contributed by atoms with Gasteiger partial charge in [-0.15, -0.1) is 11.3 Å². The van der Waals surface area contributed by atoms with Crippen LogP contribution >= 0.6 is 11.3 Å². The van der Waals surface area contributed by atoms with Crippen LogP contribution in [0.5, 0.6) is 0 Å². The molecule has 25 heavy (non-hydrogen) atoms. The molecule has 2 aliphatic rings. The number of halogens is 3. The van der Waals surface area contributed by atoms with Crippen molar-refractivity contribution in [2.45, 2.75) is 25.2 Å². The number of alkyl halides is 3. The first kappa shape index (κ1) is 16.4. The number of thiophene rings is 1. The molecule has 8 heteroatoms. The molecule has 0 saturated heterocycles. The minimum Gasteiger partial charge on any atom is -0.459 e. The van der Waals surface area contributed by atoms with Crippen molar-refractivity contribution in [3.05, 3.63) is 51.9 Å². The van der Waals surface area contributed by atoms with E-state index in [2.05, 4.69) is 15.6 Å². The summed E-state index contributed by atoms with van der Waals surface area (Å²) in [6.45, 7) is 1.74. The summed E-state index contributed by atoms with van der Waals surface area (Å²) < 4.78 is 46.3. The van der Waals surface area contributed by atoms with Gasteiger partial charge in [0.1, 0.15) is 11.7 Å². The second-order valence-corrected chi connectivity index (χ2v) is 6.99. The lowest BCUT2D eigenvalue weighted by atomic mass is 10.0. The quantitative estimate of drug-likeness (QED) is 0.848. The SMILES string of the molecule is FC(F)(F)[C@@H](OC1=NCNc2sc3c(c21)CCNC3)c1ccccc1. The number of hydrogen-bond acceptors (Lipinski definition) is 5. The molecule has 0 aliphatic carbocycles. The van der Waals surface area contributed by atoms with E-state index >= 15 is 0 Å². The first-order valence-corrected chi connectivity index (χ1v) is 8.78. The van der Waals surface area contributed by atoms with Gasteiger partial charge in [-0.25, -0.2) is 4.99 Å². The molecule has 0 radical (unpaired) electrons. The topological polar surface area (TPSA) is 45.6 Å². The Kier molecular flexibility index (Phi) is 4.16. The van der Waals surface area contributed by atoms with Gasteiger partial charge in [0.15, 0.2) is 0 Å². The van der Waals surface area contributed by atoms with E-state index < -0.39 is 12.3 Å². The molecule has 2 N–H and O–H groups in total. The number of ether oxygens (including phenoxy) is 1. The Morgan fingerprint density at radius 1 is 1.20 bits per heavy atom. The lowest BCUT2D eigenvalue weighted by molar-refractivity contribution is -0.201. The maximum Gasteiger partial charge on any atom is 0.429 e. The Balaban J connectivity index is 1.71. The van der Waals surface area contributed by atoms with E-state index in [0.29, 0.717) is 5.56 Å². The number of hydrogen-bond donors (Lipinski definition) is 2. The molecule has 1 aromatic heterocycles. The smallest absolute Gasteiger partial charge is 0.429 e. The predicted octanol–water partition coefficient (Wildman–Crippen LogP) is 3.84. The van der Waals surface area contributed by atoms with E-state index in [1.54, 1.807) is 29.5 Å². The molecule has 0 bridgehead atoms. The van der Waals surface area contributed by atoms with E-state index in [4.69, 9.17) is 4.74 Å². The van der Waals surface area contributed by atoms with Crippen LogP contribution in [0.2, 0.25) is 0 Å². The number of aliphatic imine (C=N–C) groups is 1. The van der Waals surface area contributed by atoms with Crippen molar-refractivity contribution in [1.29, 1.82) is 0 Å². The number of benzene rings is 1. The van der Waals surface area contributed by atoms with Crippen molar-refractivity contribution in [2.75, 3.05) is 18.5 Å². The highest BCUT2D eigenvalue weighted by Crippen LogP contribution is 2.41. The molecule has 1 atom stereocenters. The maximum absolute atomic E-state index is 13.6. The summed E-state index contributed by atoms with van der Waals surface area (Å²) in [5.41, 5.74) is 1.81. The van der Waals surface area contributed by atoms with Gasteiger partial charge in [-0.2, -0.15) is 13.2 Å². The molecule has 2 aromatic rings. The van der Waals surface area contributed by atoms with E-state index in [9.17, 15) is 13.2 Å². The maximum atomic E-state index is 13.6. The Morgan fingerprint density at radius 2 is 2.00 bits per heavy atom. The fourth-order valence-corrected chi connectivity index (χ4v) is 4.30. The lowest BCUT2D eigenvalue weighted by Gasteiger charge is -2.25. The van der Waals surface area contributed by atoms with Crippen LogP contribution in [-0.2, 0) is 17.7 Å². The van der Waals surface area contributed by atoms with Gasteiger partial charge in [-0.3, -0.25) is 0 Å². The fraction of sp³-hybridized carbons (Fsp3) is 0.353. The minimum absolute atomic E-state index is 0.0727. The Morgan fingerprint density at radius 3 is 2.76 bits per heavy atom. The average Bonchev–Trinajstić information content (AvgIpc) is 2.98. The van der Waals surface area contributed by atoms with Crippen molar-refractivity contribution in [3.8, 4) is 0 Å². The van der Waals surface area contributed by atoms with Crippen LogP contribution in [0.3, 0.4) is 0 Å². The van der Waals surface area contributed by atoms with Gasteiger partial charge in [-0.1, -0.05) is 30.3 Å². The van der Waals surface area contributed by atoms with Gasteiger partial charge in [0.25, 0.3) is 0 Å². The van der Waals surface area contributed by atoms with Crippen LogP contribution in [0.25, 0.3) is 0 Å². The molecular formula is C17H16F3N3OS. The average molecular weight is 367 g/mol. The van der Waals surface area contributed by atoms with Gasteiger partial charge in [0.2, 0.25) is 12.0 Å². The summed E-state index contributed by atoms with van der Waals surface area (Å²) in [5, 5.41) is 7.26. The summed E-state index contributed by atoms with van der Waals surface area (Å²) in [6.07, 6.45) is -5.80. The molecule has 0 amide bonds.